The molecular formula is C5H12N3O3-. The van der Waals surface area contributed by atoms with E-state index in [9.17, 15) is 10.0 Å². The summed E-state index contributed by atoms with van der Waals surface area (Å²) in [6.45, 7) is 0.0734. The Balaban J connectivity index is 3.45. The lowest BCUT2D eigenvalue weighted by molar-refractivity contribution is -0.138. The third kappa shape index (κ3) is 4.68. The van der Waals surface area contributed by atoms with Crippen LogP contribution in [0.25, 0.3) is 0 Å². The Morgan fingerprint density at radius 3 is 2.82 bits per heavy atom. The molecule has 0 aromatic rings. The molecular weight excluding hydrogens is 150 g/mol. The standard InChI is InChI=1S/C5H12N3O3/c1-7-8(11)3-2-4(6)5(9)10/h4,7H,2-3,6H2,1H3,(H,9,10)/q-1. The van der Waals surface area contributed by atoms with Crippen molar-refractivity contribution in [3.05, 3.63) is 5.21 Å². The van der Waals surface area contributed by atoms with E-state index in [2.05, 4.69) is 5.43 Å². The maximum absolute atomic E-state index is 10.5. The minimum atomic E-state index is -1.09. The summed E-state index contributed by atoms with van der Waals surface area (Å²) in [7, 11) is 1.46. The summed E-state index contributed by atoms with van der Waals surface area (Å²) in [4.78, 5) is 10.1. The first-order valence-corrected chi connectivity index (χ1v) is 3.18. The van der Waals surface area contributed by atoms with Gasteiger partial charge in [0.2, 0.25) is 0 Å². The van der Waals surface area contributed by atoms with Crippen LogP contribution < -0.4 is 11.2 Å². The highest BCUT2D eigenvalue weighted by molar-refractivity contribution is 5.72. The SMILES string of the molecule is CNN([O-])CCC(N)C(=O)O. The molecule has 0 radical (unpaired) electrons. The summed E-state index contributed by atoms with van der Waals surface area (Å²) >= 11 is 0. The first-order valence-electron chi connectivity index (χ1n) is 3.18. The molecule has 0 heterocycles. The Hall–Kier alpha value is -0.690. The average Bonchev–Trinajstić information content (AvgIpc) is 1.99. The molecule has 1 atom stereocenters. The molecule has 4 N–H and O–H groups in total. The summed E-state index contributed by atoms with van der Waals surface area (Å²) < 4.78 is 0. The molecule has 0 aliphatic rings. The van der Waals surface area contributed by atoms with Crippen LogP contribution in [0.2, 0.25) is 0 Å². The zero-order chi connectivity index (χ0) is 8.85. The highest BCUT2D eigenvalue weighted by Gasteiger charge is 2.09. The smallest absolute Gasteiger partial charge is 0.320 e. The van der Waals surface area contributed by atoms with Gasteiger partial charge in [0.15, 0.2) is 0 Å². The lowest BCUT2D eigenvalue weighted by atomic mass is 10.2. The first kappa shape index (κ1) is 10.3. The quantitative estimate of drug-likeness (QED) is 0.435. The van der Waals surface area contributed by atoms with E-state index >= 15 is 0 Å². The van der Waals surface area contributed by atoms with E-state index in [1.54, 1.807) is 0 Å². The number of carbonyl (C=O) groups is 1. The van der Waals surface area contributed by atoms with Crippen molar-refractivity contribution >= 4 is 5.97 Å². The van der Waals surface area contributed by atoms with Gasteiger partial charge in [-0.15, -0.1) is 0 Å². The van der Waals surface area contributed by atoms with Crippen LogP contribution >= 0.6 is 0 Å². The lowest BCUT2D eigenvalue weighted by Crippen LogP contribution is -2.37. The van der Waals surface area contributed by atoms with Crippen LogP contribution in [0.3, 0.4) is 0 Å². The predicted octanol–water partition coefficient (Wildman–Crippen LogP) is -1.28. The molecule has 1 unspecified atom stereocenters. The van der Waals surface area contributed by atoms with E-state index in [1.165, 1.54) is 7.05 Å². The highest BCUT2D eigenvalue weighted by atomic mass is 16.5. The van der Waals surface area contributed by atoms with Gasteiger partial charge in [0, 0.05) is 6.54 Å². The second-order valence-corrected chi connectivity index (χ2v) is 2.06. The molecule has 6 heteroatoms. The number of hydrogen-bond donors (Lipinski definition) is 3. The van der Waals surface area contributed by atoms with Crippen molar-refractivity contribution in [3.8, 4) is 0 Å². The van der Waals surface area contributed by atoms with Crippen LogP contribution in [-0.4, -0.2) is 35.9 Å². The molecule has 0 aromatic carbocycles. The molecule has 0 saturated carbocycles. The van der Waals surface area contributed by atoms with E-state index in [1.807, 2.05) is 0 Å². The molecule has 0 aromatic heterocycles. The predicted molar refractivity (Wildman–Crippen MR) is 39.4 cm³/mol. The second kappa shape index (κ2) is 5.03. The summed E-state index contributed by atoms with van der Waals surface area (Å²) in [6, 6.07) is -0.959. The number of aliphatic carboxylic acids is 1. The summed E-state index contributed by atoms with van der Waals surface area (Å²) in [5.74, 6) is -1.09. The number of hydroxylamine groups is 1. The first-order chi connectivity index (χ1) is 5.07. The number of carboxylic acids is 1. The average molecular weight is 162 g/mol. The fourth-order valence-corrected chi connectivity index (χ4v) is 0.492. The minimum Gasteiger partial charge on any atom is -0.772 e. The van der Waals surface area contributed by atoms with Crippen molar-refractivity contribution < 1.29 is 9.90 Å². The highest BCUT2D eigenvalue weighted by Crippen LogP contribution is 1.89. The van der Waals surface area contributed by atoms with Crippen LogP contribution in [0.15, 0.2) is 0 Å². The lowest BCUT2D eigenvalue weighted by Gasteiger charge is -2.26. The zero-order valence-electron chi connectivity index (χ0n) is 6.28. The summed E-state index contributed by atoms with van der Waals surface area (Å²) in [6.07, 6.45) is 0.139. The fraction of sp³-hybridized carbons (Fsp3) is 0.800. The van der Waals surface area contributed by atoms with Gasteiger partial charge in [-0.05, 0) is 13.5 Å². The Kier molecular flexibility index (Phi) is 4.71. The van der Waals surface area contributed by atoms with Gasteiger partial charge in [0.05, 0.1) is 0 Å². The summed E-state index contributed by atoms with van der Waals surface area (Å²) in [5, 5.41) is 19.3. The molecule has 0 rings (SSSR count). The number of hydrazine groups is 1. The number of rotatable bonds is 5. The van der Waals surface area contributed by atoms with Gasteiger partial charge in [-0.2, -0.15) is 0 Å². The number of nitrogens with one attached hydrogen (secondary N) is 1. The number of hydrogen-bond acceptors (Lipinski definition) is 5. The third-order valence-electron chi connectivity index (χ3n) is 1.21. The maximum atomic E-state index is 10.5. The molecule has 0 amide bonds. The van der Waals surface area contributed by atoms with Crippen molar-refractivity contribution in [3.63, 3.8) is 0 Å². The van der Waals surface area contributed by atoms with Gasteiger partial charge in [-0.1, -0.05) is 0 Å². The molecule has 0 bridgehead atoms. The molecule has 11 heavy (non-hydrogen) atoms. The van der Waals surface area contributed by atoms with Gasteiger partial charge in [0.25, 0.3) is 0 Å². The van der Waals surface area contributed by atoms with Gasteiger partial charge < -0.3 is 21.2 Å². The van der Waals surface area contributed by atoms with Crippen LogP contribution in [0.4, 0.5) is 0 Å². The van der Waals surface area contributed by atoms with Gasteiger partial charge >= 0.3 is 5.97 Å². The van der Waals surface area contributed by atoms with Crippen LogP contribution in [0.5, 0.6) is 0 Å². The number of carboxylic acid groups (broad SMARTS) is 1. The molecule has 66 valence electrons. The number of nitrogens with zero attached hydrogens (tertiary/aromatic N) is 1. The van der Waals surface area contributed by atoms with Gasteiger partial charge in [-0.3, -0.25) is 10.2 Å². The molecule has 0 fully saturated rings. The van der Waals surface area contributed by atoms with Crippen molar-refractivity contribution in [2.24, 2.45) is 5.73 Å². The topological polar surface area (TPSA) is 102 Å². The number of nitrogens with two attached hydrogens (primary N) is 1. The fourth-order valence-electron chi connectivity index (χ4n) is 0.492. The monoisotopic (exact) mass is 162 g/mol. The molecule has 0 saturated heterocycles. The van der Waals surface area contributed by atoms with Crippen molar-refractivity contribution in [1.29, 1.82) is 0 Å². The van der Waals surface area contributed by atoms with E-state index in [4.69, 9.17) is 10.8 Å². The van der Waals surface area contributed by atoms with Crippen LogP contribution in [0.1, 0.15) is 6.42 Å². The Labute approximate surface area is 64.5 Å². The van der Waals surface area contributed by atoms with E-state index in [-0.39, 0.29) is 13.0 Å². The minimum absolute atomic E-state index is 0.0734. The van der Waals surface area contributed by atoms with Crippen molar-refractivity contribution in [1.82, 2.24) is 10.6 Å². The molecule has 0 spiro atoms. The van der Waals surface area contributed by atoms with Crippen LogP contribution in [0, 0.1) is 5.21 Å². The molecule has 6 nitrogen and oxygen atoms in total. The normalized spacial score (nSPS) is 13.5. The van der Waals surface area contributed by atoms with Gasteiger partial charge in [0.1, 0.15) is 6.04 Å². The van der Waals surface area contributed by atoms with E-state index in [0.29, 0.717) is 5.17 Å². The third-order valence-corrected chi connectivity index (χ3v) is 1.21. The van der Waals surface area contributed by atoms with E-state index < -0.39 is 12.0 Å². The van der Waals surface area contributed by atoms with Crippen molar-refractivity contribution in [2.75, 3.05) is 13.6 Å². The Bertz CT molecular complexity index is 130. The van der Waals surface area contributed by atoms with Gasteiger partial charge in [-0.25, -0.2) is 0 Å². The summed E-state index contributed by atoms with van der Waals surface area (Å²) in [5.41, 5.74) is 7.42. The Morgan fingerprint density at radius 1 is 1.91 bits per heavy atom. The second-order valence-electron chi connectivity index (χ2n) is 2.06. The van der Waals surface area contributed by atoms with Crippen molar-refractivity contribution in [2.45, 2.75) is 12.5 Å². The largest absolute Gasteiger partial charge is 0.772 e. The Morgan fingerprint density at radius 2 is 2.45 bits per heavy atom. The molecule has 0 aliphatic carbocycles. The zero-order valence-corrected chi connectivity index (χ0v) is 6.28. The molecule has 0 aliphatic heterocycles. The van der Waals surface area contributed by atoms with Crippen LogP contribution in [-0.2, 0) is 4.79 Å². The van der Waals surface area contributed by atoms with E-state index in [0.717, 1.165) is 0 Å². The maximum Gasteiger partial charge on any atom is 0.320 e.